The molecule has 1 amide bonds. The van der Waals surface area contributed by atoms with Gasteiger partial charge >= 0.3 is 0 Å². The van der Waals surface area contributed by atoms with Crippen LogP contribution in [0.1, 0.15) is 38.6 Å². The van der Waals surface area contributed by atoms with Crippen LogP contribution in [-0.4, -0.2) is 38.4 Å². The van der Waals surface area contributed by atoms with E-state index in [4.69, 9.17) is 0 Å². The quantitative estimate of drug-likeness (QED) is 0.813. The molecule has 2 rings (SSSR count). The van der Waals surface area contributed by atoms with Gasteiger partial charge in [0.2, 0.25) is 11.1 Å². The number of nitrogens with zero attached hydrogens (tertiary/aromatic N) is 4. The summed E-state index contributed by atoms with van der Waals surface area (Å²) in [6.07, 6.45) is 4.74. The minimum absolute atomic E-state index is 0.00373. The number of nitrogens with one attached hydrogen (secondary N) is 1. The average Bonchev–Trinajstić information content (AvgIpc) is 2.97. The molecule has 0 spiro atoms. The van der Waals surface area contributed by atoms with Crippen molar-refractivity contribution in [1.29, 1.82) is 0 Å². The van der Waals surface area contributed by atoms with Crippen molar-refractivity contribution < 1.29 is 4.79 Å². The van der Waals surface area contributed by atoms with Crippen LogP contribution >= 0.6 is 11.8 Å². The van der Waals surface area contributed by atoms with E-state index in [1.54, 1.807) is 7.05 Å². The zero-order chi connectivity index (χ0) is 12.3. The number of tetrazole rings is 1. The number of hydrogen-bond donors (Lipinski definition) is 1. The molecule has 1 aromatic heterocycles. The summed E-state index contributed by atoms with van der Waals surface area (Å²) in [4.78, 5) is 11.5. The molecule has 0 aromatic carbocycles. The van der Waals surface area contributed by atoms with Gasteiger partial charge in [-0.15, -0.1) is 5.10 Å². The van der Waals surface area contributed by atoms with Crippen molar-refractivity contribution in [2.24, 2.45) is 0 Å². The highest BCUT2D eigenvalue weighted by Gasteiger charge is 2.24. The molecule has 7 heteroatoms. The Kier molecular flexibility index (Phi) is 3.98. The Bertz CT molecular complexity index is 388. The normalized spacial score (nSPS) is 18.2. The number of amides is 1. The standard InChI is InChI=1S/C10H17N5OS/c1-7(9(16)11-2)17-10-12-13-14-15(10)8-5-3-4-6-8/h7-8H,3-6H2,1-2H3,(H,11,16). The topological polar surface area (TPSA) is 72.7 Å². The smallest absolute Gasteiger partial charge is 0.233 e. The lowest BCUT2D eigenvalue weighted by molar-refractivity contribution is -0.119. The number of carbonyl (C=O) groups is 1. The molecule has 0 aliphatic heterocycles. The first-order valence-corrected chi connectivity index (χ1v) is 6.76. The van der Waals surface area contributed by atoms with Crippen LogP contribution in [0, 0.1) is 0 Å². The molecular weight excluding hydrogens is 238 g/mol. The Morgan fingerprint density at radius 3 is 2.88 bits per heavy atom. The van der Waals surface area contributed by atoms with Gasteiger partial charge in [-0.2, -0.15) is 0 Å². The van der Waals surface area contributed by atoms with Crippen LogP contribution < -0.4 is 5.32 Å². The van der Waals surface area contributed by atoms with E-state index in [0.29, 0.717) is 6.04 Å². The lowest BCUT2D eigenvalue weighted by Crippen LogP contribution is -2.27. The van der Waals surface area contributed by atoms with Crippen LogP contribution in [0.3, 0.4) is 0 Å². The number of rotatable bonds is 4. The SMILES string of the molecule is CNC(=O)C(C)Sc1nnnn1C1CCCC1. The Morgan fingerprint density at radius 2 is 2.24 bits per heavy atom. The van der Waals surface area contributed by atoms with Gasteiger partial charge in [0, 0.05) is 7.05 Å². The number of aromatic nitrogens is 4. The molecule has 0 bridgehead atoms. The molecule has 94 valence electrons. The van der Waals surface area contributed by atoms with E-state index < -0.39 is 0 Å². The highest BCUT2D eigenvalue weighted by atomic mass is 32.2. The predicted molar refractivity (Wildman–Crippen MR) is 64.7 cm³/mol. The highest BCUT2D eigenvalue weighted by molar-refractivity contribution is 8.00. The second-order valence-corrected chi connectivity index (χ2v) is 5.53. The van der Waals surface area contributed by atoms with E-state index in [1.807, 2.05) is 11.6 Å². The third kappa shape index (κ3) is 2.77. The maximum Gasteiger partial charge on any atom is 0.233 e. The average molecular weight is 255 g/mol. The van der Waals surface area contributed by atoms with Gasteiger partial charge in [0.05, 0.1) is 11.3 Å². The monoisotopic (exact) mass is 255 g/mol. The van der Waals surface area contributed by atoms with Crippen LogP contribution in [-0.2, 0) is 4.79 Å². The number of carbonyl (C=O) groups excluding carboxylic acids is 1. The van der Waals surface area contributed by atoms with E-state index in [2.05, 4.69) is 20.8 Å². The Hall–Kier alpha value is -1.11. The maximum atomic E-state index is 11.5. The van der Waals surface area contributed by atoms with Crippen molar-refractivity contribution in [2.75, 3.05) is 7.05 Å². The molecule has 0 radical (unpaired) electrons. The van der Waals surface area contributed by atoms with Gasteiger partial charge in [-0.3, -0.25) is 4.79 Å². The van der Waals surface area contributed by atoms with Crippen LogP contribution in [0.15, 0.2) is 5.16 Å². The molecule has 17 heavy (non-hydrogen) atoms. The molecule has 1 N–H and O–H groups in total. The van der Waals surface area contributed by atoms with E-state index in [1.165, 1.54) is 24.6 Å². The first-order valence-electron chi connectivity index (χ1n) is 5.88. The lowest BCUT2D eigenvalue weighted by Gasteiger charge is -2.13. The lowest BCUT2D eigenvalue weighted by atomic mass is 10.3. The van der Waals surface area contributed by atoms with Crippen molar-refractivity contribution in [3.8, 4) is 0 Å². The summed E-state index contributed by atoms with van der Waals surface area (Å²) in [6.45, 7) is 1.86. The molecular formula is C10H17N5OS. The predicted octanol–water partition coefficient (Wildman–Crippen LogP) is 1.01. The van der Waals surface area contributed by atoms with Gasteiger partial charge < -0.3 is 5.32 Å². The molecule has 1 aromatic rings. The van der Waals surface area contributed by atoms with Gasteiger partial charge in [-0.05, 0) is 30.2 Å². The third-order valence-corrected chi connectivity index (χ3v) is 4.08. The third-order valence-electron chi connectivity index (χ3n) is 3.03. The van der Waals surface area contributed by atoms with Crippen LogP contribution in [0.2, 0.25) is 0 Å². The maximum absolute atomic E-state index is 11.5. The van der Waals surface area contributed by atoms with Crippen molar-refractivity contribution >= 4 is 17.7 Å². The summed E-state index contributed by atoms with van der Waals surface area (Å²) < 4.78 is 1.87. The number of hydrogen-bond acceptors (Lipinski definition) is 5. The molecule has 1 atom stereocenters. The Balaban J connectivity index is 2.05. The van der Waals surface area contributed by atoms with Crippen molar-refractivity contribution in [2.45, 2.75) is 49.1 Å². The van der Waals surface area contributed by atoms with Crippen LogP contribution in [0.4, 0.5) is 0 Å². The largest absolute Gasteiger partial charge is 0.358 e. The summed E-state index contributed by atoms with van der Waals surface area (Å²) in [5.74, 6) is -0.00373. The van der Waals surface area contributed by atoms with E-state index in [9.17, 15) is 4.79 Å². The molecule has 0 saturated heterocycles. The Labute approximate surface area is 105 Å². The fourth-order valence-corrected chi connectivity index (χ4v) is 2.97. The first kappa shape index (κ1) is 12.3. The zero-order valence-electron chi connectivity index (χ0n) is 10.1. The van der Waals surface area contributed by atoms with Crippen molar-refractivity contribution in [1.82, 2.24) is 25.5 Å². The van der Waals surface area contributed by atoms with Crippen molar-refractivity contribution in [3.63, 3.8) is 0 Å². The van der Waals surface area contributed by atoms with E-state index in [-0.39, 0.29) is 11.2 Å². The molecule has 1 unspecified atom stereocenters. The fraction of sp³-hybridized carbons (Fsp3) is 0.800. The van der Waals surface area contributed by atoms with Gasteiger partial charge in [0.1, 0.15) is 0 Å². The van der Waals surface area contributed by atoms with Crippen LogP contribution in [0.25, 0.3) is 0 Å². The van der Waals surface area contributed by atoms with Gasteiger partial charge in [0.15, 0.2) is 0 Å². The summed E-state index contributed by atoms with van der Waals surface area (Å²) in [5, 5.41) is 15.0. The minimum atomic E-state index is -0.175. The molecule has 1 heterocycles. The summed E-state index contributed by atoms with van der Waals surface area (Å²) in [7, 11) is 1.64. The van der Waals surface area contributed by atoms with Gasteiger partial charge in [-0.1, -0.05) is 24.6 Å². The van der Waals surface area contributed by atoms with Gasteiger partial charge in [-0.25, -0.2) is 4.68 Å². The molecule has 1 fully saturated rings. The molecule has 6 nitrogen and oxygen atoms in total. The summed E-state index contributed by atoms with van der Waals surface area (Å²) >= 11 is 1.41. The van der Waals surface area contributed by atoms with Crippen molar-refractivity contribution in [3.05, 3.63) is 0 Å². The summed E-state index contributed by atoms with van der Waals surface area (Å²) in [5.41, 5.74) is 0. The second-order valence-electron chi connectivity index (χ2n) is 4.22. The Morgan fingerprint density at radius 1 is 1.53 bits per heavy atom. The van der Waals surface area contributed by atoms with Gasteiger partial charge in [0.25, 0.3) is 0 Å². The second kappa shape index (κ2) is 5.48. The number of thioether (sulfide) groups is 1. The zero-order valence-corrected chi connectivity index (χ0v) is 10.9. The molecule has 1 aliphatic carbocycles. The minimum Gasteiger partial charge on any atom is -0.358 e. The summed E-state index contributed by atoms with van der Waals surface area (Å²) in [6, 6.07) is 0.407. The first-order chi connectivity index (χ1) is 8.22. The highest BCUT2D eigenvalue weighted by Crippen LogP contribution is 2.32. The molecule has 1 aliphatic rings. The van der Waals surface area contributed by atoms with E-state index >= 15 is 0 Å². The fourth-order valence-electron chi connectivity index (χ4n) is 2.06. The van der Waals surface area contributed by atoms with Crippen LogP contribution in [0.5, 0.6) is 0 Å². The van der Waals surface area contributed by atoms with E-state index in [0.717, 1.165) is 18.0 Å². The molecule has 1 saturated carbocycles.